The largest absolute Gasteiger partial charge is 0.493 e. The first-order valence-electron chi connectivity index (χ1n) is 6.40. The molecule has 0 aliphatic rings. The van der Waals surface area contributed by atoms with Gasteiger partial charge in [0.25, 0.3) is 0 Å². The summed E-state index contributed by atoms with van der Waals surface area (Å²) in [5.41, 5.74) is 0.950. The number of rotatable bonds is 6. The first-order chi connectivity index (χ1) is 9.62. The van der Waals surface area contributed by atoms with Gasteiger partial charge in [0.05, 0.1) is 22.6 Å². The number of benzene rings is 1. The summed E-state index contributed by atoms with van der Waals surface area (Å²) in [5, 5.41) is 1.04. The molecule has 1 aromatic rings. The Kier molecular flexibility index (Phi) is 6.37. The van der Waals surface area contributed by atoms with Gasteiger partial charge in [0.2, 0.25) is 0 Å². The van der Waals surface area contributed by atoms with E-state index in [1.807, 2.05) is 0 Å². The fraction of sp³-hybridized carbons (Fsp3) is 0.571. The van der Waals surface area contributed by atoms with Crippen LogP contribution in [0.4, 0.5) is 0 Å². The van der Waals surface area contributed by atoms with Crippen LogP contribution in [0.5, 0.6) is 11.5 Å². The van der Waals surface area contributed by atoms with Gasteiger partial charge in [-0.05, 0) is 38.5 Å². The second-order valence-electron chi connectivity index (χ2n) is 5.52. The Morgan fingerprint density at radius 1 is 1.29 bits per heavy atom. The van der Waals surface area contributed by atoms with Crippen molar-refractivity contribution in [1.29, 1.82) is 0 Å². The molecule has 0 radical (unpaired) electrons. The lowest BCUT2D eigenvalue weighted by Crippen LogP contribution is -2.32. The van der Waals surface area contributed by atoms with E-state index in [9.17, 15) is 8.42 Å². The summed E-state index contributed by atoms with van der Waals surface area (Å²) in [4.78, 5) is 0. The Labute approximate surface area is 139 Å². The second kappa shape index (κ2) is 7.20. The van der Waals surface area contributed by atoms with Crippen LogP contribution in [0.15, 0.2) is 12.1 Å². The topological polar surface area (TPSA) is 52.6 Å². The van der Waals surface area contributed by atoms with Crippen LogP contribution < -0.4 is 9.47 Å². The molecule has 0 N–H and O–H groups in total. The van der Waals surface area contributed by atoms with Crippen molar-refractivity contribution in [3.63, 3.8) is 0 Å². The first kappa shape index (κ1) is 18.6. The molecule has 0 amide bonds. The molecule has 0 bridgehead atoms. The van der Waals surface area contributed by atoms with E-state index in [0.717, 1.165) is 5.56 Å². The molecule has 0 unspecified atom stereocenters. The van der Waals surface area contributed by atoms with E-state index in [0.29, 0.717) is 21.9 Å². The van der Waals surface area contributed by atoms with Crippen molar-refractivity contribution >= 4 is 37.4 Å². The summed E-state index contributed by atoms with van der Waals surface area (Å²) in [6.07, 6.45) is 0. The molecule has 0 saturated carbocycles. The SMILES string of the molecule is COc1cc(CBr)cc(Cl)c1OCCS(=O)(=O)C(C)(C)C. The number of methoxy groups -OCH3 is 1. The van der Waals surface area contributed by atoms with Crippen LogP contribution >= 0.6 is 27.5 Å². The molecule has 0 heterocycles. The van der Waals surface area contributed by atoms with E-state index in [-0.39, 0.29) is 12.4 Å². The third-order valence-electron chi connectivity index (χ3n) is 2.98. The summed E-state index contributed by atoms with van der Waals surface area (Å²) in [5.74, 6) is 0.786. The van der Waals surface area contributed by atoms with E-state index >= 15 is 0 Å². The summed E-state index contributed by atoms with van der Waals surface area (Å²) in [6.45, 7) is 5.03. The number of hydrogen-bond acceptors (Lipinski definition) is 4. The summed E-state index contributed by atoms with van der Waals surface area (Å²) < 4.78 is 34.0. The molecule has 0 aliphatic heterocycles. The lowest BCUT2D eigenvalue weighted by atomic mass is 10.2. The predicted molar refractivity (Wildman–Crippen MR) is 89.7 cm³/mol. The summed E-state index contributed by atoms with van der Waals surface area (Å²) in [7, 11) is -1.71. The zero-order valence-corrected chi connectivity index (χ0v) is 15.7. The van der Waals surface area contributed by atoms with Crippen molar-refractivity contribution < 1.29 is 17.9 Å². The second-order valence-corrected chi connectivity index (χ2v) is 9.35. The minimum atomic E-state index is -3.23. The van der Waals surface area contributed by atoms with Crippen LogP contribution in [0.3, 0.4) is 0 Å². The molecule has 0 saturated heterocycles. The number of ether oxygens (including phenoxy) is 2. The highest BCUT2D eigenvalue weighted by Crippen LogP contribution is 2.37. The molecular weight excluding hydrogens is 380 g/mol. The quantitative estimate of drug-likeness (QED) is 0.682. The van der Waals surface area contributed by atoms with Gasteiger partial charge in [-0.1, -0.05) is 27.5 Å². The zero-order valence-electron chi connectivity index (χ0n) is 12.6. The average Bonchev–Trinajstić information content (AvgIpc) is 2.38. The Hall–Kier alpha value is -0.460. The van der Waals surface area contributed by atoms with Gasteiger partial charge >= 0.3 is 0 Å². The average molecular weight is 400 g/mol. The maximum atomic E-state index is 12.0. The molecule has 0 spiro atoms. The zero-order chi connectivity index (χ0) is 16.3. The minimum Gasteiger partial charge on any atom is -0.493 e. The molecule has 1 rings (SSSR count). The van der Waals surface area contributed by atoms with Gasteiger partial charge in [0, 0.05) is 5.33 Å². The highest BCUT2D eigenvalue weighted by molar-refractivity contribution is 9.08. The normalized spacial score (nSPS) is 12.3. The number of hydrogen-bond donors (Lipinski definition) is 0. The molecule has 21 heavy (non-hydrogen) atoms. The predicted octanol–water partition coefficient (Wildman–Crippen LogP) is 3.84. The van der Waals surface area contributed by atoms with Crippen molar-refractivity contribution in [2.75, 3.05) is 19.5 Å². The van der Waals surface area contributed by atoms with Crippen LogP contribution in [0.1, 0.15) is 26.3 Å². The van der Waals surface area contributed by atoms with E-state index < -0.39 is 14.6 Å². The summed E-state index contributed by atoms with van der Waals surface area (Å²) >= 11 is 9.50. The first-order valence-corrected chi connectivity index (χ1v) is 9.55. The third-order valence-corrected chi connectivity index (χ3v) is 6.47. The lowest BCUT2D eigenvalue weighted by Gasteiger charge is -2.20. The highest BCUT2D eigenvalue weighted by atomic mass is 79.9. The van der Waals surface area contributed by atoms with Crippen molar-refractivity contribution in [3.05, 3.63) is 22.7 Å². The van der Waals surface area contributed by atoms with Gasteiger partial charge in [-0.15, -0.1) is 0 Å². The van der Waals surface area contributed by atoms with Crippen LogP contribution in [0, 0.1) is 0 Å². The van der Waals surface area contributed by atoms with Gasteiger partial charge in [-0.3, -0.25) is 0 Å². The van der Waals surface area contributed by atoms with E-state index in [4.69, 9.17) is 21.1 Å². The van der Waals surface area contributed by atoms with Gasteiger partial charge in [0.15, 0.2) is 21.3 Å². The monoisotopic (exact) mass is 398 g/mol. The van der Waals surface area contributed by atoms with Crippen LogP contribution in [-0.2, 0) is 15.2 Å². The summed E-state index contributed by atoms with van der Waals surface area (Å²) in [6, 6.07) is 3.56. The Balaban J connectivity index is 2.86. The van der Waals surface area contributed by atoms with Crippen LogP contribution in [0.2, 0.25) is 5.02 Å². The Morgan fingerprint density at radius 2 is 1.90 bits per heavy atom. The maximum Gasteiger partial charge on any atom is 0.179 e. The molecule has 4 nitrogen and oxygen atoms in total. The molecule has 0 aliphatic carbocycles. The molecular formula is C14H20BrClO4S. The molecule has 7 heteroatoms. The van der Waals surface area contributed by atoms with Crippen LogP contribution in [0.25, 0.3) is 0 Å². The van der Waals surface area contributed by atoms with Crippen LogP contribution in [-0.4, -0.2) is 32.6 Å². The molecule has 0 fully saturated rings. The van der Waals surface area contributed by atoms with E-state index in [2.05, 4.69) is 15.9 Å². The van der Waals surface area contributed by atoms with Gasteiger partial charge in [-0.2, -0.15) is 0 Å². The van der Waals surface area contributed by atoms with E-state index in [1.165, 1.54) is 7.11 Å². The molecule has 120 valence electrons. The third kappa shape index (κ3) is 4.76. The standard InChI is InChI=1S/C14H20BrClO4S/c1-14(2,3)21(17,18)6-5-20-13-11(16)7-10(9-15)8-12(13)19-4/h7-8H,5-6,9H2,1-4H3. The van der Waals surface area contributed by atoms with Crippen molar-refractivity contribution in [2.45, 2.75) is 30.8 Å². The fourth-order valence-electron chi connectivity index (χ4n) is 1.55. The molecule has 1 aromatic carbocycles. The van der Waals surface area contributed by atoms with Gasteiger partial charge in [-0.25, -0.2) is 8.42 Å². The number of sulfone groups is 1. The lowest BCUT2D eigenvalue weighted by molar-refractivity contribution is 0.311. The molecule has 0 aromatic heterocycles. The highest BCUT2D eigenvalue weighted by Gasteiger charge is 2.28. The molecule has 0 atom stereocenters. The van der Waals surface area contributed by atoms with Crippen molar-refractivity contribution in [3.8, 4) is 11.5 Å². The number of halogens is 2. The van der Waals surface area contributed by atoms with E-state index in [1.54, 1.807) is 32.9 Å². The van der Waals surface area contributed by atoms with Crippen molar-refractivity contribution in [1.82, 2.24) is 0 Å². The van der Waals surface area contributed by atoms with Gasteiger partial charge < -0.3 is 9.47 Å². The Bertz CT molecular complexity index is 594. The fourth-order valence-corrected chi connectivity index (χ4v) is 3.08. The Morgan fingerprint density at radius 3 is 2.38 bits per heavy atom. The van der Waals surface area contributed by atoms with Gasteiger partial charge in [0.1, 0.15) is 6.61 Å². The smallest absolute Gasteiger partial charge is 0.179 e. The minimum absolute atomic E-state index is 0.0311. The number of alkyl halides is 1. The maximum absolute atomic E-state index is 12.0. The van der Waals surface area contributed by atoms with Crippen molar-refractivity contribution in [2.24, 2.45) is 0 Å².